The lowest BCUT2D eigenvalue weighted by Gasteiger charge is -2.06. The van der Waals surface area contributed by atoms with Crippen LogP contribution < -0.4 is 0 Å². The van der Waals surface area contributed by atoms with Crippen LogP contribution in [-0.2, 0) is 22.4 Å². The summed E-state index contributed by atoms with van der Waals surface area (Å²) in [4.78, 5) is 11.7. The molecule has 0 unspecified atom stereocenters. The van der Waals surface area contributed by atoms with E-state index in [9.17, 15) is 4.79 Å². The van der Waals surface area contributed by atoms with E-state index in [4.69, 9.17) is 4.74 Å². The van der Waals surface area contributed by atoms with E-state index in [1.165, 1.54) is 22.3 Å². The quantitative estimate of drug-likeness (QED) is 0.713. The third kappa shape index (κ3) is 1.97. The fourth-order valence-electron chi connectivity index (χ4n) is 2.35. The smallest absolute Gasteiger partial charge is 0.309 e. The third-order valence-electron chi connectivity index (χ3n) is 3.37. The van der Waals surface area contributed by atoms with Crippen molar-refractivity contribution in [2.24, 2.45) is 5.92 Å². The highest BCUT2D eigenvalue weighted by Gasteiger charge is 2.28. The Morgan fingerprint density at radius 3 is 2.19 bits per heavy atom. The summed E-state index contributed by atoms with van der Waals surface area (Å²) in [5, 5.41) is 0. The molecule has 0 saturated carbocycles. The second-order valence-corrected chi connectivity index (χ2v) is 4.56. The Bertz CT molecular complexity index is 390. The van der Waals surface area contributed by atoms with Crippen LogP contribution in [0.25, 0.3) is 0 Å². The number of rotatable bonds is 2. The predicted molar refractivity (Wildman–Crippen MR) is 63.4 cm³/mol. The van der Waals surface area contributed by atoms with Crippen molar-refractivity contribution in [1.82, 2.24) is 0 Å². The highest BCUT2D eigenvalue weighted by molar-refractivity contribution is 5.74. The van der Waals surface area contributed by atoms with E-state index in [0.29, 0.717) is 6.61 Å². The van der Waals surface area contributed by atoms with Crippen LogP contribution >= 0.6 is 0 Å². The van der Waals surface area contributed by atoms with Gasteiger partial charge in [0.1, 0.15) is 0 Å². The summed E-state index contributed by atoms with van der Waals surface area (Å²) in [7, 11) is 0. The molecule has 16 heavy (non-hydrogen) atoms. The van der Waals surface area contributed by atoms with E-state index in [-0.39, 0.29) is 11.9 Å². The van der Waals surface area contributed by atoms with Crippen LogP contribution in [0.1, 0.15) is 29.2 Å². The van der Waals surface area contributed by atoms with Gasteiger partial charge in [-0.15, -0.1) is 0 Å². The van der Waals surface area contributed by atoms with E-state index in [1.54, 1.807) is 0 Å². The minimum Gasteiger partial charge on any atom is -0.466 e. The maximum Gasteiger partial charge on any atom is 0.309 e. The van der Waals surface area contributed by atoms with Gasteiger partial charge in [-0.2, -0.15) is 0 Å². The molecule has 1 aromatic carbocycles. The lowest BCUT2D eigenvalue weighted by atomic mass is 10.0. The van der Waals surface area contributed by atoms with Crippen LogP contribution in [0, 0.1) is 19.8 Å². The second-order valence-electron chi connectivity index (χ2n) is 4.56. The number of esters is 1. The Kier molecular flexibility index (Phi) is 2.99. The van der Waals surface area contributed by atoms with E-state index < -0.39 is 0 Å². The van der Waals surface area contributed by atoms with Gasteiger partial charge in [0.25, 0.3) is 0 Å². The first-order chi connectivity index (χ1) is 7.61. The van der Waals surface area contributed by atoms with Gasteiger partial charge in [0, 0.05) is 0 Å². The Hall–Kier alpha value is -1.31. The van der Waals surface area contributed by atoms with Crippen LogP contribution in [0.3, 0.4) is 0 Å². The first-order valence-electron chi connectivity index (χ1n) is 5.87. The number of carbonyl (C=O) groups is 1. The molecule has 86 valence electrons. The second kappa shape index (κ2) is 4.28. The van der Waals surface area contributed by atoms with Crippen molar-refractivity contribution < 1.29 is 9.53 Å². The number of aryl methyl sites for hydroxylation is 2. The molecule has 1 aliphatic rings. The first-order valence-corrected chi connectivity index (χ1v) is 5.87. The molecule has 0 fully saturated rings. The molecule has 0 atom stereocenters. The first kappa shape index (κ1) is 11.2. The number of hydrogen-bond donors (Lipinski definition) is 0. The molecule has 0 bridgehead atoms. The molecule has 1 aliphatic carbocycles. The molecule has 2 heteroatoms. The summed E-state index contributed by atoms with van der Waals surface area (Å²) in [6, 6.07) is 4.42. The Morgan fingerprint density at radius 2 is 1.75 bits per heavy atom. The Morgan fingerprint density at radius 1 is 1.25 bits per heavy atom. The van der Waals surface area contributed by atoms with Crippen LogP contribution in [0.4, 0.5) is 0 Å². The summed E-state index contributed by atoms with van der Waals surface area (Å²) in [5.41, 5.74) is 5.26. The number of ether oxygens (including phenoxy) is 1. The van der Waals surface area contributed by atoms with Gasteiger partial charge >= 0.3 is 5.97 Å². The summed E-state index contributed by atoms with van der Waals surface area (Å²) in [5.74, 6) is -0.00911. The molecule has 0 aromatic heterocycles. The molecule has 0 amide bonds. The standard InChI is InChI=1S/C14H18O2/c1-4-16-14(15)13-7-11-5-9(2)10(3)6-12(11)8-13/h5-6,13H,4,7-8H2,1-3H3. The number of hydrogen-bond acceptors (Lipinski definition) is 2. The van der Waals surface area contributed by atoms with Crippen LogP contribution in [-0.4, -0.2) is 12.6 Å². The van der Waals surface area contributed by atoms with Crippen molar-refractivity contribution in [1.29, 1.82) is 0 Å². The van der Waals surface area contributed by atoms with Gasteiger partial charge < -0.3 is 4.74 Å². The van der Waals surface area contributed by atoms with Gasteiger partial charge in [0.05, 0.1) is 12.5 Å². The maximum atomic E-state index is 11.7. The molecule has 0 radical (unpaired) electrons. The van der Waals surface area contributed by atoms with Gasteiger partial charge in [0.15, 0.2) is 0 Å². The minimum absolute atomic E-state index is 0.0381. The van der Waals surface area contributed by atoms with E-state index in [2.05, 4.69) is 26.0 Å². The van der Waals surface area contributed by atoms with Crippen LogP contribution in [0.5, 0.6) is 0 Å². The van der Waals surface area contributed by atoms with Crippen LogP contribution in [0.2, 0.25) is 0 Å². The van der Waals surface area contributed by atoms with Crippen molar-refractivity contribution in [2.75, 3.05) is 6.61 Å². The largest absolute Gasteiger partial charge is 0.466 e. The monoisotopic (exact) mass is 218 g/mol. The van der Waals surface area contributed by atoms with Gasteiger partial charge in [0.2, 0.25) is 0 Å². The maximum absolute atomic E-state index is 11.7. The topological polar surface area (TPSA) is 26.3 Å². The molecule has 0 aliphatic heterocycles. The lowest BCUT2D eigenvalue weighted by Crippen LogP contribution is -2.17. The van der Waals surface area contributed by atoms with Crippen molar-refractivity contribution in [3.8, 4) is 0 Å². The van der Waals surface area contributed by atoms with E-state index in [0.717, 1.165) is 12.8 Å². The number of carbonyl (C=O) groups excluding carboxylic acids is 1. The average molecular weight is 218 g/mol. The Balaban J connectivity index is 2.18. The fourth-order valence-corrected chi connectivity index (χ4v) is 2.35. The van der Waals surface area contributed by atoms with Gasteiger partial charge in [-0.05, 0) is 55.9 Å². The number of benzene rings is 1. The summed E-state index contributed by atoms with van der Waals surface area (Å²) in [6.45, 7) is 6.57. The molecular weight excluding hydrogens is 200 g/mol. The highest BCUT2D eigenvalue weighted by Crippen LogP contribution is 2.29. The molecule has 2 nitrogen and oxygen atoms in total. The zero-order valence-corrected chi connectivity index (χ0v) is 10.2. The minimum atomic E-state index is -0.0472. The number of fused-ring (bicyclic) bond motifs is 1. The molecular formula is C14H18O2. The predicted octanol–water partition coefficient (Wildman–Crippen LogP) is 2.58. The zero-order valence-electron chi connectivity index (χ0n) is 10.2. The highest BCUT2D eigenvalue weighted by atomic mass is 16.5. The SMILES string of the molecule is CCOC(=O)C1Cc2cc(C)c(C)cc2C1. The van der Waals surface area contributed by atoms with Gasteiger partial charge in [-0.1, -0.05) is 12.1 Å². The van der Waals surface area contributed by atoms with Crippen LogP contribution in [0.15, 0.2) is 12.1 Å². The molecule has 0 N–H and O–H groups in total. The zero-order chi connectivity index (χ0) is 11.7. The van der Waals surface area contributed by atoms with Crippen molar-refractivity contribution in [3.63, 3.8) is 0 Å². The fraction of sp³-hybridized carbons (Fsp3) is 0.500. The van der Waals surface area contributed by atoms with Gasteiger partial charge in [-0.3, -0.25) is 4.79 Å². The van der Waals surface area contributed by atoms with E-state index >= 15 is 0 Å². The average Bonchev–Trinajstić information content (AvgIpc) is 2.62. The van der Waals surface area contributed by atoms with Crippen molar-refractivity contribution in [2.45, 2.75) is 33.6 Å². The third-order valence-corrected chi connectivity index (χ3v) is 3.37. The van der Waals surface area contributed by atoms with Gasteiger partial charge in [-0.25, -0.2) is 0 Å². The van der Waals surface area contributed by atoms with Crippen molar-refractivity contribution >= 4 is 5.97 Å². The molecule has 0 spiro atoms. The lowest BCUT2D eigenvalue weighted by molar-refractivity contribution is -0.147. The molecule has 0 saturated heterocycles. The molecule has 2 rings (SSSR count). The molecule has 0 heterocycles. The normalized spacial score (nSPS) is 14.9. The Labute approximate surface area is 96.6 Å². The summed E-state index contributed by atoms with van der Waals surface area (Å²) >= 11 is 0. The summed E-state index contributed by atoms with van der Waals surface area (Å²) < 4.78 is 5.08. The summed E-state index contributed by atoms with van der Waals surface area (Å²) in [6.07, 6.45) is 1.69. The van der Waals surface area contributed by atoms with E-state index in [1.807, 2.05) is 6.92 Å². The van der Waals surface area contributed by atoms with Crippen molar-refractivity contribution in [3.05, 3.63) is 34.4 Å². The molecule has 1 aromatic rings.